The molecule has 2 nitrogen and oxygen atoms in total. The van der Waals surface area contributed by atoms with E-state index in [9.17, 15) is 0 Å². The maximum absolute atomic E-state index is 5.02. The molecule has 0 radical (unpaired) electrons. The third-order valence-electron chi connectivity index (χ3n) is 11.1. The minimum atomic E-state index is 0.0440. The molecule has 0 saturated carbocycles. The Morgan fingerprint density at radius 3 is 0.917 bits per heavy atom. The first-order valence-corrected chi connectivity index (χ1v) is 20.5. The molecule has 0 N–H and O–H groups in total. The molecule has 2 aromatic heterocycles. The third-order valence-corrected chi connectivity index (χ3v) is 11.1. The van der Waals surface area contributed by atoms with Crippen molar-refractivity contribution in [1.82, 2.24) is 9.97 Å². The van der Waals surface area contributed by atoms with E-state index < -0.39 is 0 Å². The number of aromatic nitrogens is 2. The molecule has 282 valence electrons. The Morgan fingerprint density at radius 1 is 0.300 bits per heavy atom. The van der Waals surface area contributed by atoms with Crippen LogP contribution in [-0.2, 0) is 0 Å². The maximum atomic E-state index is 5.02. The van der Waals surface area contributed by atoms with E-state index in [1.54, 1.807) is 0 Å². The third kappa shape index (κ3) is 8.79. The van der Waals surface area contributed by atoms with Gasteiger partial charge < -0.3 is 0 Å². The summed E-state index contributed by atoms with van der Waals surface area (Å²) in [6, 6.07) is 81.5. The minimum Gasteiger partial charge on any atom is -0.256 e. The van der Waals surface area contributed by atoms with Crippen LogP contribution >= 0.6 is 0 Å². The van der Waals surface area contributed by atoms with E-state index in [0.717, 1.165) is 33.6 Å². The largest absolute Gasteiger partial charge is 0.256 e. The van der Waals surface area contributed by atoms with E-state index in [1.807, 2.05) is 12.4 Å². The van der Waals surface area contributed by atoms with Gasteiger partial charge in [0.25, 0.3) is 0 Å². The van der Waals surface area contributed by atoms with Crippen LogP contribution in [0.2, 0.25) is 0 Å². The molecule has 0 aliphatic rings. The first-order chi connectivity index (χ1) is 29.8. The molecule has 0 saturated heterocycles. The van der Waals surface area contributed by atoms with Gasteiger partial charge in [0.2, 0.25) is 13.4 Å². The number of pyridine rings is 2. The van der Waals surface area contributed by atoms with Gasteiger partial charge in [0.1, 0.15) is 0 Å². The molecule has 9 rings (SSSR count). The van der Waals surface area contributed by atoms with Gasteiger partial charge in [0.05, 0.1) is 11.4 Å². The average Bonchev–Trinajstić information content (AvgIpc) is 3.33. The van der Waals surface area contributed by atoms with Crippen LogP contribution in [0, 0.1) is 0 Å². The Bertz CT molecular complexity index is 2540. The normalized spacial score (nSPS) is 11.5. The van der Waals surface area contributed by atoms with Crippen molar-refractivity contribution in [3.05, 3.63) is 265 Å². The van der Waals surface area contributed by atoms with Gasteiger partial charge in [-0.05, 0) is 52.6 Å². The van der Waals surface area contributed by atoms with Crippen LogP contribution < -0.4 is 21.9 Å². The van der Waals surface area contributed by atoms with Crippen molar-refractivity contribution in [1.29, 1.82) is 0 Å². The first-order valence-electron chi connectivity index (χ1n) is 20.5. The number of rotatable bonds is 12. The second-order valence-corrected chi connectivity index (χ2v) is 15.0. The second kappa shape index (κ2) is 18.4. The number of benzene rings is 7. The van der Waals surface area contributed by atoms with E-state index >= 15 is 0 Å². The molecule has 0 aliphatic carbocycles. The summed E-state index contributed by atoms with van der Waals surface area (Å²) >= 11 is 0. The molecule has 0 bridgehead atoms. The Labute approximate surface area is 354 Å². The van der Waals surface area contributed by atoms with Crippen molar-refractivity contribution < 1.29 is 0 Å². The lowest BCUT2D eigenvalue weighted by Crippen LogP contribution is -2.43. The highest BCUT2D eigenvalue weighted by Crippen LogP contribution is 2.28. The SMILES string of the molecule is C(=C(/B(c1ccccc1)c1ccccc1)c1ccccc1)/c1ccc(-c2cccc(-c3ccc(/C=C(\B(c4ccccc4)c4ccccc4)c4ccccc4)nc3)c2)cn1. The van der Waals surface area contributed by atoms with Crippen LogP contribution in [0.15, 0.2) is 243 Å². The van der Waals surface area contributed by atoms with Gasteiger partial charge >= 0.3 is 0 Å². The molecule has 0 aliphatic heterocycles. The summed E-state index contributed by atoms with van der Waals surface area (Å²) in [6.45, 7) is 0.0880. The van der Waals surface area contributed by atoms with Crippen LogP contribution in [0.3, 0.4) is 0 Å². The number of hydrogen-bond donors (Lipinski definition) is 0. The maximum Gasteiger partial charge on any atom is 0.242 e. The van der Waals surface area contributed by atoms with Gasteiger partial charge in [-0.25, -0.2) is 0 Å². The minimum absolute atomic E-state index is 0.0440. The fourth-order valence-corrected chi connectivity index (χ4v) is 8.13. The fourth-order valence-electron chi connectivity index (χ4n) is 8.13. The molecule has 0 unspecified atom stereocenters. The number of hydrogen-bond acceptors (Lipinski definition) is 2. The summed E-state index contributed by atoms with van der Waals surface area (Å²) < 4.78 is 0. The zero-order valence-corrected chi connectivity index (χ0v) is 33.3. The van der Waals surface area contributed by atoms with Crippen molar-refractivity contribution in [2.45, 2.75) is 0 Å². The summed E-state index contributed by atoms with van der Waals surface area (Å²) in [6.07, 6.45) is 8.46. The highest BCUT2D eigenvalue weighted by molar-refractivity contribution is 7.01. The summed E-state index contributed by atoms with van der Waals surface area (Å²) in [5.41, 5.74) is 15.9. The summed E-state index contributed by atoms with van der Waals surface area (Å²) in [4.78, 5) is 10.0. The first kappa shape index (κ1) is 38.0. The average molecular weight is 765 g/mol. The monoisotopic (exact) mass is 764 g/mol. The van der Waals surface area contributed by atoms with E-state index in [-0.39, 0.29) is 13.4 Å². The lowest BCUT2D eigenvalue weighted by Gasteiger charge is -2.20. The molecule has 0 atom stereocenters. The van der Waals surface area contributed by atoms with Crippen LogP contribution in [-0.4, -0.2) is 23.4 Å². The zero-order valence-electron chi connectivity index (χ0n) is 33.3. The Kier molecular flexibility index (Phi) is 11.6. The summed E-state index contributed by atoms with van der Waals surface area (Å²) in [5, 5.41) is 0. The highest BCUT2D eigenvalue weighted by atomic mass is 14.7. The molecule has 0 fully saturated rings. The predicted octanol–water partition coefficient (Wildman–Crippen LogP) is 10.6. The fraction of sp³-hybridized carbons (Fsp3) is 0. The molecule has 0 amide bonds. The standard InChI is InChI=1S/C56H42B2N2/c1-7-20-43(21-8-1)55(57(49-26-11-3-12-27-49)50-28-13-4-14-29-50)39-53-36-34-47(41-59-53)45-24-19-25-46(38-45)48-35-37-54(60-42-48)40-56(44-22-9-2-10-23-44)58(51-30-15-5-16-31-51)52-32-17-6-18-33-52/h1-42H/b55-39-,56-40-. The quantitative estimate of drug-likeness (QED) is 0.116. The molecular weight excluding hydrogens is 722 g/mol. The molecule has 4 heteroatoms. The van der Waals surface area contributed by atoms with Gasteiger partial charge in [-0.1, -0.05) is 245 Å². The van der Waals surface area contributed by atoms with Crippen LogP contribution in [0.4, 0.5) is 0 Å². The van der Waals surface area contributed by atoms with Crippen molar-refractivity contribution in [2.75, 3.05) is 0 Å². The highest BCUT2D eigenvalue weighted by Gasteiger charge is 2.26. The molecule has 9 aromatic rings. The Morgan fingerprint density at radius 2 is 0.617 bits per heavy atom. The van der Waals surface area contributed by atoms with Gasteiger partial charge in [0, 0.05) is 23.5 Å². The summed E-state index contributed by atoms with van der Waals surface area (Å²) in [5.74, 6) is 0. The van der Waals surface area contributed by atoms with E-state index in [0.29, 0.717) is 0 Å². The smallest absolute Gasteiger partial charge is 0.242 e. The predicted molar refractivity (Wildman–Crippen MR) is 257 cm³/mol. The van der Waals surface area contributed by atoms with Gasteiger partial charge in [-0.2, -0.15) is 0 Å². The Hall–Kier alpha value is -7.55. The molecule has 60 heavy (non-hydrogen) atoms. The van der Waals surface area contributed by atoms with Crippen molar-refractivity contribution in [3.8, 4) is 22.3 Å². The topological polar surface area (TPSA) is 25.8 Å². The van der Waals surface area contributed by atoms with Crippen molar-refractivity contribution in [2.24, 2.45) is 0 Å². The second-order valence-electron chi connectivity index (χ2n) is 15.0. The van der Waals surface area contributed by atoms with Gasteiger partial charge in [-0.3, -0.25) is 9.97 Å². The van der Waals surface area contributed by atoms with Crippen molar-refractivity contribution in [3.63, 3.8) is 0 Å². The van der Waals surface area contributed by atoms with Crippen LogP contribution in [0.25, 0.3) is 45.4 Å². The van der Waals surface area contributed by atoms with Gasteiger partial charge in [0.15, 0.2) is 0 Å². The van der Waals surface area contributed by atoms with Crippen LogP contribution in [0.5, 0.6) is 0 Å². The van der Waals surface area contributed by atoms with E-state index in [1.165, 1.54) is 43.9 Å². The molecular formula is C56H42B2N2. The van der Waals surface area contributed by atoms with E-state index in [4.69, 9.17) is 9.97 Å². The lowest BCUT2D eigenvalue weighted by molar-refractivity contribution is 1.29. The zero-order chi connectivity index (χ0) is 40.4. The van der Waals surface area contributed by atoms with Crippen LogP contribution in [0.1, 0.15) is 22.5 Å². The number of nitrogens with zero attached hydrogens (tertiary/aromatic N) is 2. The molecule has 7 aromatic carbocycles. The molecule has 2 heterocycles. The van der Waals surface area contributed by atoms with E-state index in [2.05, 4.69) is 243 Å². The lowest BCUT2D eigenvalue weighted by atomic mass is 9.35. The van der Waals surface area contributed by atoms with Gasteiger partial charge in [-0.15, -0.1) is 0 Å². The van der Waals surface area contributed by atoms with Crippen molar-refractivity contribution >= 4 is 58.4 Å². The molecule has 0 spiro atoms. The summed E-state index contributed by atoms with van der Waals surface area (Å²) in [7, 11) is 0. The Balaban J connectivity index is 1.02.